The molecule has 8 heteroatoms. The quantitative estimate of drug-likeness (QED) is 0.202. The molecule has 0 spiro atoms. The number of anilines is 1. The molecule has 1 aliphatic rings. The molecule has 1 fully saturated rings. The molecule has 1 heterocycles. The molecule has 1 saturated heterocycles. The van der Waals surface area contributed by atoms with E-state index in [4.69, 9.17) is 19.2 Å². The van der Waals surface area contributed by atoms with Gasteiger partial charge in [0.15, 0.2) is 5.96 Å². The maximum Gasteiger partial charge on any atom is 0.191 e. The maximum absolute atomic E-state index is 5.78. The molecule has 32 heavy (non-hydrogen) atoms. The van der Waals surface area contributed by atoms with Crippen molar-refractivity contribution in [1.82, 2.24) is 10.6 Å². The minimum Gasteiger partial charge on any atom is -0.497 e. The number of hydrogen-bond donors (Lipinski definition) is 2. The van der Waals surface area contributed by atoms with Gasteiger partial charge in [0.05, 0.1) is 26.5 Å². The second-order valence-corrected chi connectivity index (χ2v) is 7.44. The van der Waals surface area contributed by atoms with Crippen molar-refractivity contribution in [2.24, 2.45) is 10.9 Å². The molecule has 176 valence electrons. The van der Waals surface area contributed by atoms with E-state index in [-0.39, 0.29) is 24.0 Å². The summed E-state index contributed by atoms with van der Waals surface area (Å²) in [6.45, 7) is 6.94. The molecule has 2 aromatic rings. The van der Waals surface area contributed by atoms with E-state index in [1.165, 1.54) is 0 Å². The molecule has 0 radical (unpaired) electrons. The van der Waals surface area contributed by atoms with Crippen LogP contribution >= 0.6 is 24.0 Å². The number of para-hydroxylation sites is 2. The molecule has 1 unspecified atom stereocenters. The van der Waals surface area contributed by atoms with E-state index >= 15 is 0 Å². The van der Waals surface area contributed by atoms with Crippen molar-refractivity contribution < 1.29 is 14.2 Å². The van der Waals surface area contributed by atoms with Crippen molar-refractivity contribution in [3.63, 3.8) is 0 Å². The summed E-state index contributed by atoms with van der Waals surface area (Å²) in [5, 5.41) is 6.67. The number of nitrogens with zero attached hydrogens (tertiary/aromatic N) is 2. The van der Waals surface area contributed by atoms with Crippen LogP contribution in [0.5, 0.6) is 17.2 Å². The summed E-state index contributed by atoms with van der Waals surface area (Å²) in [6, 6.07) is 15.8. The highest BCUT2D eigenvalue weighted by atomic mass is 127. The number of guanidine groups is 1. The summed E-state index contributed by atoms with van der Waals surface area (Å²) in [7, 11) is 3.38. The highest BCUT2D eigenvalue weighted by molar-refractivity contribution is 14.0. The standard InChI is InChI=1S/C24H34N4O3.HI/c1-4-25-24(26-14-16-31-21-11-9-20(29-2)10-12-21)27-17-19-13-15-28(18-19)22-7-5-6-8-23(22)30-3;/h5-12,19H,4,13-18H2,1-3H3,(H2,25,26,27);1H. The van der Waals surface area contributed by atoms with Crippen LogP contribution in [-0.4, -0.2) is 59.5 Å². The molecule has 0 aliphatic carbocycles. The van der Waals surface area contributed by atoms with Gasteiger partial charge in [-0.3, -0.25) is 4.99 Å². The lowest BCUT2D eigenvalue weighted by atomic mass is 10.1. The molecule has 0 aromatic heterocycles. The molecule has 2 N–H and O–H groups in total. The third kappa shape index (κ3) is 7.65. The first-order valence-corrected chi connectivity index (χ1v) is 10.9. The SMILES string of the molecule is CCNC(=NCC1CCN(c2ccccc2OC)C1)NCCOc1ccc(OC)cc1.I. The monoisotopic (exact) mass is 554 g/mol. The van der Waals surface area contributed by atoms with E-state index in [1.807, 2.05) is 36.4 Å². The summed E-state index contributed by atoms with van der Waals surface area (Å²) >= 11 is 0. The van der Waals surface area contributed by atoms with Crippen LogP contribution in [0.4, 0.5) is 5.69 Å². The van der Waals surface area contributed by atoms with Crippen LogP contribution in [0.15, 0.2) is 53.5 Å². The van der Waals surface area contributed by atoms with Crippen molar-refractivity contribution >= 4 is 35.6 Å². The van der Waals surface area contributed by atoms with Gasteiger partial charge < -0.3 is 29.7 Å². The fraction of sp³-hybridized carbons (Fsp3) is 0.458. The third-order valence-corrected chi connectivity index (χ3v) is 5.29. The Morgan fingerprint density at radius 1 is 1.03 bits per heavy atom. The first-order chi connectivity index (χ1) is 15.2. The Bertz CT molecular complexity index is 832. The smallest absolute Gasteiger partial charge is 0.191 e. The first kappa shape index (κ1) is 25.9. The van der Waals surface area contributed by atoms with E-state index in [1.54, 1.807) is 14.2 Å². The van der Waals surface area contributed by atoms with Crippen LogP contribution in [0.3, 0.4) is 0 Å². The van der Waals surface area contributed by atoms with Crippen molar-refractivity contribution in [3.8, 4) is 17.2 Å². The van der Waals surface area contributed by atoms with E-state index < -0.39 is 0 Å². The number of methoxy groups -OCH3 is 2. The van der Waals surface area contributed by atoms with Crippen molar-refractivity contribution in [2.75, 3.05) is 58.5 Å². The molecule has 3 rings (SSSR count). The van der Waals surface area contributed by atoms with Gasteiger partial charge >= 0.3 is 0 Å². The minimum absolute atomic E-state index is 0. The van der Waals surface area contributed by atoms with Gasteiger partial charge in [-0.1, -0.05) is 12.1 Å². The fourth-order valence-corrected chi connectivity index (χ4v) is 3.66. The summed E-state index contributed by atoms with van der Waals surface area (Å²) in [5.41, 5.74) is 1.16. The number of ether oxygens (including phenoxy) is 3. The van der Waals surface area contributed by atoms with Crippen LogP contribution in [0.2, 0.25) is 0 Å². The van der Waals surface area contributed by atoms with Crippen LogP contribution in [-0.2, 0) is 0 Å². The predicted octanol–water partition coefficient (Wildman–Crippen LogP) is 3.78. The Balaban J connectivity index is 0.00000363. The zero-order valence-electron chi connectivity index (χ0n) is 19.2. The predicted molar refractivity (Wildman–Crippen MR) is 141 cm³/mol. The fourth-order valence-electron chi connectivity index (χ4n) is 3.66. The Morgan fingerprint density at radius 2 is 1.78 bits per heavy atom. The molecule has 1 aliphatic heterocycles. The van der Waals surface area contributed by atoms with Crippen LogP contribution < -0.4 is 29.7 Å². The highest BCUT2D eigenvalue weighted by Crippen LogP contribution is 2.31. The third-order valence-electron chi connectivity index (χ3n) is 5.29. The number of halogens is 1. The molecule has 1 atom stereocenters. The Kier molecular flexibility index (Phi) is 11.3. The number of benzene rings is 2. The first-order valence-electron chi connectivity index (χ1n) is 10.9. The lowest BCUT2D eigenvalue weighted by Gasteiger charge is -2.21. The van der Waals surface area contributed by atoms with E-state index in [0.717, 1.165) is 61.5 Å². The topological polar surface area (TPSA) is 67.4 Å². The van der Waals surface area contributed by atoms with Gasteiger partial charge in [0.2, 0.25) is 0 Å². The van der Waals surface area contributed by atoms with Gasteiger partial charge in [-0.2, -0.15) is 0 Å². The number of aliphatic imine (C=N–C) groups is 1. The van der Waals surface area contributed by atoms with Crippen LogP contribution in [0.25, 0.3) is 0 Å². The van der Waals surface area contributed by atoms with Gasteiger partial charge in [0.1, 0.15) is 23.9 Å². The normalized spacial score (nSPS) is 15.7. The van der Waals surface area contributed by atoms with Crippen molar-refractivity contribution in [3.05, 3.63) is 48.5 Å². The van der Waals surface area contributed by atoms with Gasteiger partial charge in [0.25, 0.3) is 0 Å². The Labute approximate surface area is 208 Å². The Morgan fingerprint density at radius 3 is 2.50 bits per heavy atom. The van der Waals surface area contributed by atoms with Gasteiger partial charge in [-0.25, -0.2) is 0 Å². The largest absolute Gasteiger partial charge is 0.497 e. The molecular formula is C24H35IN4O3. The molecule has 0 amide bonds. The average molecular weight is 554 g/mol. The molecule has 0 saturated carbocycles. The average Bonchev–Trinajstić information content (AvgIpc) is 3.29. The van der Waals surface area contributed by atoms with E-state index in [9.17, 15) is 0 Å². The summed E-state index contributed by atoms with van der Waals surface area (Å²) in [4.78, 5) is 7.19. The van der Waals surface area contributed by atoms with E-state index in [0.29, 0.717) is 19.1 Å². The zero-order valence-corrected chi connectivity index (χ0v) is 21.5. The molecule has 7 nitrogen and oxygen atoms in total. The maximum atomic E-state index is 5.78. The second-order valence-electron chi connectivity index (χ2n) is 7.44. The van der Waals surface area contributed by atoms with Crippen molar-refractivity contribution in [1.29, 1.82) is 0 Å². The van der Waals surface area contributed by atoms with E-state index in [2.05, 4.69) is 34.6 Å². The second kappa shape index (κ2) is 13.9. The highest BCUT2D eigenvalue weighted by Gasteiger charge is 2.24. The Hall–Kier alpha value is -2.36. The van der Waals surface area contributed by atoms with Crippen molar-refractivity contribution in [2.45, 2.75) is 13.3 Å². The van der Waals surface area contributed by atoms with Crippen LogP contribution in [0, 0.1) is 5.92 Å². The summed E-state index contributed by atoms with van der Waals surface area (Å²) < 4.78 is 16.5. The van der Waals surface area contributed by atoms with Gasteiger partial charge in [-0.05, 0) is 55.7 Å². The number of rotatable bonds is 10. The summed E-state index contributed by atoms with van der Waals surface area (Å²) in [5.74, 6) is 3.93. The summed E-state index contributed by atoms with van der Waals surface area (Å²) in [6.07, 6.45) is 1.13. The van der Waals surface area contributed by atoms with Gasteiger partial charge in [0, 0.05) is 26.2 Å². The number of hydrogen-bond acceptors (Lipinski definition) is 5. The zero-order chi connectivity index (χ0) is 21.9. The lowest BCUT2D eigenvalue weighted by Crippen LogP contribution is -2.39. The molecule has 0 bridgehead atoms. The molecular weight excluding hydrogens is 519 g/mol. The van der Waals surface area contributed by atoms with Gasteiger partial charge in [-0.15, -0.1) is 24.0 Å². The lowest BCUT2D eigenvalue weighted by molar-refractivity contribution is 0.321. The minimum atomic E-state index is 0. The molecule has 2 aromatic carbocycles. The van der Waals surface area contributed by atoms with Crippen LogP contribution in [0.1, 0.15) is 13.3 Å². The number of nitrogens with one attached hydrogen (secondary N) is 2.